The van der Waals surface area contributed by atoms with Crippen LogP contribution in [0.15, 0.2) is 24.3 Å². The van der Waals surface area contributed by atoms with Gasteiger partial charge >= 0.3 is 5.97 Å². The third-order valence-corrected chi connectivity index (χ3v) is 4.34. The van der Waals surface area contributed by atoms with E-state index in [1.165, 1.54) is 17.0 Å². The van der Waals surface area contributed by atoms with E-state index in [9.17, 15) is 19.1 Å². The maximum absolute atomic E-state index is 13.2. The van der Waals surface area contributed by atoms with Crippen LogP contribution < -0.4 is 0 Å². The van der Waals surface area contributed by atoms with Crippen molar-refractivity contribution in [2.24, 2.45) is 0 Å². The first-order valence-electron chi connectivity index (χ1n) is 7.20. The van der Waals surface area contributed by atoms with E-state index in [0.717, 1.165) is 19.3 Å². The van der Waals surface area contributed by atoms with Gasteiger partial charge < -0.3 is 10.0 Å². The van der Waals surface area contributed by atoms with Gasteiger partial charge in [0.2, 0.25) is 5.91 Å². The Morgan fingerprint density at radius 2 is 1.95 bits per heavy atom. The molecule has 0 unspecified atom stereocenters. The largest absolute Gasteiger partial charge is 0.479 e. The average molecular weight is 293 g/mol. The summed E-state index contributed by atoms with van der Waals surface area (Å²) >= 11 is 0. The SMILES string of the molecule is CN(C(=O)Cc1cccc(F)c1)C1(C(=O)O)CCCCC1. The number of hydrogen-bond donors (Lipinski definition) is 1. The van der Waals surface area contributed by atoms with Crippen molar-refractivity contribution in [1.82, 2.24) is 4.90 Å². The molecular weight excluding hydrogens is 273 g/mol. The molecule has 1 amide bonds. The van der Waals surface area contributed by atoms with E-state index >= 15 is 0 Å². The molecule has 1 fully saturated rings. The maximum Gasteiger partial charge on any atom is 0.329 e. The van der Waals surface area contributed by atoms with Gasteiger partial charge in [-0.1, -0.05) is 31.4 Å². The van der Waals surface area contributed by atoms with Crippen molar-refractivity contribution < 1.29 is 19.1 Å². The number of rotatable bonds is 4. The average Bonchev–Trinajstić information content (AvgIpc) is 2.47. The molecule has 0 radical (unpaired) electrons. The van der Waals surface area contributed by atoms with Crippen molar-refractivity contribution in [1.29, 1.82) is 0 Å². The van der Waals surface area contributed by atoms with E-state index in [-0.39, 0.29) is 12.3 Å². The second-order valence-electron chi connectivity index (χ2n) is 5.66. The number of carboxylic acids is 1. The monoisotopic (exact) mass is 293 g/mol. The number of halogens is 1. The minimum Gasteiger partial charge on any atom is -0.479 e. The minimum atomic E-state index is -1.11. The van der Waals surface area contributed by atoms with E-state index < -0.39 is 17.3 Å². The van der Waals surface area contributed by atoms with E-state index in [0.29, 0.717) is 18.4 Å². The lowest BCUT2D eigenvalue weighted by Crippen LogP contribution is -2.56. The van der Waals surface area contributed by atoms with Crippen LogP contribution in [0.2, 0.25) is 0 Å². The summed E-state index contributed by atoms with van der Waals surface area (Å²) < 4.78 is 13.2. The van der Waals surface area contributed by atoms with E-state index in [4.69, 9.17) is 0 Å². The molecule has 1 N–H and O–H groups in total. The summed E-state index contributed by atoms with van der Waals surface area (Å²) in [5, 5.41) is 9.56. The van der Waals surface area contributed by atoms with Crippen LogP contribution in [-0.4, -0.2) is 34.5 Å². The fraction of sp³-hybridized carbons (Fsp3) is 0.500. The Bertz CT molecular complexity index is 538. The van der Waals surface area contributed by atoms with Crippen molar-refractivity contribution in [2.45, 2.75) is 44.1 Å². The van der Waals surface area contributed by atoms with Gasteiger partial charge in [-0.2, -0.15) is 0 Å². The molecule has 0 aromatic heterocycles. The standard InChI is InChI=1S/C16H20FNO3/c1-18(16(15(20)21)8-3-2-4-9-16)14(19)11-12-6-5-7-13(17)10-12/h5-7,10H,2-4,8-9,11H2,1H3,(H,20,21). The molecular formula is C16H20FNO3. The molecule has 1 aliphatic carbocycles. The van der Waals surface area contributed by atoms with Crippen LogP contribution >= 0.6 is 0 Å². The Kier molecular flexibility index (Phi) is 4.60. The van der Waals surface area contributed by atoms with Crippen molar-refractivity contribution >= 4 is 11.9 Å². The Morgan fingerprint density at radius 3 is 2.52 bits per heavy atom. The lowest BCUT2D eigenvalue weighted by Gasteiger charge is -2.41. The molecule has 2 rings (SSSR count). The quantitative estimate of drug-likeness (QED) is 0.928. The predicted molar refractivity (Wildman–Crippen MR) is 76.3 cm³/mol. The molecule has 0 heterocycles. The van der Waals surface area contributed by atoms with Crippen molar-refractivity contribution in [2.75, 3.05) is 7.05 Å². The number of hydrogen-bond acceptors (Lipinski definition) is 2. The zero-order valence-electron chi connectivity index (χ0n) is 12.1. The molecule has 1 aromatic carbocycles. The van der Waals surface area contributed by atoms with Crippen LogP contribution in [0.1, 0.15) is 37.7 Å². The molecule has 1 aliphatic rings. The van der Waals surface area contributed by atoms with Crippen LogP contribution in [0.5, 0.6) is 0 Å². The minimum absolute atomic E-state index is 0.0172. The molecule has 5 heteroatoms. The Labute approximate surface area is 123 Å². The zero-order valence-corrected chi connectivity index (χ0v) is 12.1. The topological polar surface area (TPSA) is 57.6 Å². The molecule has 21 heavy (non-hydrogen) atoms. The molecule has 114 valence electrons. The highest BCUT2D eigenvalue weighted by molar-refractivity contribution is 5.88. The van der Waals surface area contributed by atoms with Crippen molar-refractivity contribution in [3.63, 3.8) is 0 Å². The first kappa shape index (κ1) is 15.5. The number of likely N-dealkylation sites (N-methyl/N-ethyl adjacent to an activating group) is 1. The Morgan fingerprint density at radius 1 is 1.29 bits per heavy atom. The van der Waals surface area contributed by atoms with E-state index in [1.54, 1.807) is 19.2 Å². The van der Waals surface area contributed by atoms with E-state index in [2.05, 4.69) is 0 Å². The fourth-order valence-corrected chi connectivity index (χ4v) is 3.01. The van der Waals surface area contributed by atoms with Gasteiger partial charge in [-0.15, -0.1) is 0 Å². The summed E-state index contributed by atoms with van der Waals surface area (Å²) in [6.07, 6.45) is 3.60. The number of aliphatic carboxylic acids is 1. The number of nitrogens with zero attached hydrogens (tertiary/aromatic N) is 1. The van der Waals surface area contributed by atoms with Crippen LogP contribution in [0.3, 0.4) is 0 Å². The fourth-order valence-electron chi connectivity index (χ4n) is 3.01. The third-order valence-electron chi connectivity index (χ3n) is 4.34. The molecule has 1 saturated carbocycles. The summed E-state index contributed by atoms with van der Waals surface area (Å²) in [4.78, 5) is 25.4. The molecule has 4 nitrogen and oxygen atoms in total. The van der Waals surface area contributed by atoms with Gasteiger partial charge in [0.05, 0.1) is 6.42 Å². The highest BCUT2D eigenvalue weighted by Crippen LogP contribution is 2.33. The van der Waals surface area contributed by atoms with Gasteiger partial charge in [-0.3, -0.25) is 4.79 Å². The van der Waals surface area contributed by atoms with Gasteiger partial charge in [0, 0.05) is 7.05 Å². The van der Waals surface area contributed by atoms with Crippen LogP contribution in [0.25, 0.3) is 0 Å². The lowest BCUT2D eigenvalue weighted by molar-refractivity contribution is -0.160. The summed E-state index contributed by atoms with van der Waals surface area (Å²) in [6.45, 7) is 0. The molecule has 0 bridgehead atoms. The lowest BCUT2D eigenvalue weighted by atomic mass is 9.80. The van der Waals surface area contributed by atoms with E-state index in [1.807, 2.05) is 0 Å². The van der Waals surface area contributed by atoms with Crippen molar-refractivity contribution in [3.05, 3.63) is 35.6 Å². The van der Waals surface area contributed by atoms with Gasteiger partial charge in [0.25, 0.3) is 0 Å². The molecule has 0 aliphatic heterocycles. The number of benzene rings is 1. The Balaban J connectivity index is 2.15. The molecule has 0 atom stereocenters. The normalized spacial score (nSPS) is 17.2. The second-order valence-corrected chi connectivity index (χ2v) is 5.66. The van der Waals surface area contributed by atoms with Gasteiger partial charge in [0.1, 0.15) is 11.4 Å². The van der Waals surface area contributed by atoms with Crippen LogP contribution in [0, 0.1) is 5.82 Å². The summed E-state index contributed by atoms with van der Waals surface area (Å²) in [5.74, 6) is -1.63. The first-order chi connectivity index (χ1) is 9.95. The Hall–Kier alpha value is -1.91. The van der Waals surface area contributed by atoms with Crippen LogP contribution in [0.4, 0.5) is 4.39 Å². The third kappa shape index (κ3) is 3.23. The maximum atomic E-state index is 13.2. The van der Waals surface area contributed by atoms with Gasteiger partial charge in [0.15, 0.2) is 0 Å². The number of carbonyl (C=O) groups excluding carboxylic acids is 1. The predicted octanol–water partition coefficient (Wildman–Crippen LogP) is 2.61. The van der Waals surface area contributed by atoms with Crippen molar-refractivity contribution in [3.8, 4) is 0 Å². The van der Waals surface area contributed by atoms with Gasteiger partial charge in [-0.05, 0) is 30.5 Å². The number of amides is 1. The first-order valence-corrected chi connectivity index (χ1v) is 7.20. The highest BCUT2D eigenvalue weighted by atomic mass is 19.1. The van der Waals surface area contributed by atoms with Gasteiger partial charge in [-0.25, -0.2) is 9.18 Å². The number of carboxylic acid groups (broad SMARTS) is 1. The highest BCUT2D eigenvalue weighted by Gasteiger charge is 2.45. The second kappa shape index (κ2) is 6.24. The molecule has 1 aromatic rings. The summed E-state index contributed by atoms with van der Waals surface area (Å²) in [5.41, 5.74) is -0.550. The summed E-state index contributed by atoms with van der Waals surface area (Å²) in [7, 11) is 1.54. The van der Waals surface area contributed by atoms with Crippen LogP contribution in [-0.2, 0) is 16.0 Å². The molecule has 0 spiro atoms. The summed E-state index contributed by atoms with van der Waals surface area (Å²) in [6, 6.07) is 5.84. The smallest absolute Gasteiger partial charge is 0.329 e. The molecule has 0 saturated heterocycles. The number of carbonyl (C=O) groups is 2. The zero-order chi connectivity index (χ0) is 15.5.